The SMILES string of the molecule is CCC(NC(=O)c1cc(Cl)nnc1Cl)c1ccccc1. The van der Waals surface area contributed by atoms with Crippen LogP contribution in [0.5, 0.6) is 0 Å². The number of carbonyl (C=O) groups excluding carboxylic acids is 1. The van der Waals surface area contributed by atoms with E-state index in [1.165, 1.54) is 6.07 Å². The second-order valence-corrected chi connectivity index (χ2v) is 4.96. The number of nitrogens with zero attached hydrogens (tertiary/aromatic N) is 2. The van der Waals surface area contributed by atoms with E-state index in [2.05, 4.69) is 15.5 Å². The average Bonchev–Trinajstić information content (AvgIpc) is 2.48. The van der Waals surface area contributed by atoms with Crippen molar-refractivity contribution in [3.63, 3.8) is 0 Å². The predicted octanol–water partition coefficient (Wildman–Crippen LogP) is 3.66. The molecule has 4 nitrogen and oxygen atoms in total. The second kappa shape index (κ2) is 6.68. The Morgan fingerprint density at radius 3 is 2.60 bits per heavy atom. The number of aromatic nitrogens is 2. The number of halogens is 2. The van der Waals surface area contributed by atoms with Crippen LogP contribution in [0, 0.1) is 0 Å². The van der Waals surface area contributed by atoms with Gasteiger partial charge in [0.1, 0.15) is 0 Å². The number of amides is 1. The van der Waals surface area contributed by atoms with Crippen molar-refractivity contribution in [3.8, 4) is 0 Å². The Morgan fingerprint density at radius 2 is 1.95 bits per heavy atom. The lowest BCUT2D eigenvalue weighted by atomic mass is 10.0. The van der Waals surface area contributed by atoms with E-state index >= 15 is 0 Å². The van der Waals surface area contributed by atoms with Crippen LogP contribution in [0.1, 0.15) is 35.3 Å². The Hall–Kier alpha value is -1.65. The lowest BCUT2D eigenvalue weighted by Crippen LogP contribution is -2.28. The van der Waals surface area contributed by atoms with Crippen LogP contribution in [0.2, 0.25) is 10.3 Å². The molecule has 0 aliphatic heterocycles. The number of carbonyl (C=O) groups is 1. The summed E-state index contributed by atoms with van der Waals surface area (Å²) in [5.41, 5.74) is 1.26. The van der Waals surface area contributed by atoms with E-state index in [4.69, 9.17) is 23.2 Å². The third-order valence-electron chi connectivity index (χ3n) is 2.88. The van der Waals surface area contributed by atoms with Crippen LogP contribution in [-0.2, 0) is 0 Å². The maximum atomic E-state index is 12.2. The Kier molecular flexibility index (Phi) is 4.93. The normalized spacial score (nSPS) is 11.9. The molecule has 2 aromatic rings. The van der Waals surface area contributed by atoms with Crippen molar-refractivity contribution >= 4 is 29.1 Å². The first-order valence-electron chi connectivity index (χ1n) is 6.16. The summed E-state index contributed by atoms with van der Waals surface area (Å²) in [6.45, 7) is 2.00. The van der Waals surface area contributed by atoms with E-state index < -0.39 is 0 Å². The molecule has 0 saturated carbocycles. The first-order valence-corrected chi connectivity index (χ1v) is 6.92. The molecule has 1 atom stereocenters. The molecular weight excluding hydrogens is 297 g/mol. The zero-order chi connectivity index (χ0) is 14.5. The Balaban J connectivity index is 2.20. The van der Waals surface area contributed by atoms with Gasteiger partial charge in [0, 0.05) is 0 Å². The molecule has 1 aromatic carbocycles. The van der Waals surface area contributed by atoms with E-state index in [-0.39, 0.29) is 27.8 Å². The molecule has 0 radical (unpaired) electrons. The summed E-state index contributed by atoms with van der Waals surface area (Å²) < 4.78 is 0. The third-order valence-corrected chi connectivity index (χ3v) is 3.34. The highest BCUT2D eigenvalue weighted by atomic mass is 35.5. The van der Waals surface area contributed by atoms with E-state index in [0.29, 0.717) is 0 Å². The molecule has 2 rings (SSSR count). The van der Waals surface area contributed by atoms with Gasteiger partial charge in [0.2, 0.25) is 0 Å². The molecule has 104 valence electrons. The standard InChI is InChI=1S/C14H13Cl2N3O/c1-2-11(9-6-4-3-5-7-9)17-14(20)10-8-12(15)18-19-13(10)16/h3-8,11H,2H2,1H3,(H,17,20). The van der Waals surface area contributed by atoms with Gasteiger partial charge in [-0.15, -0.1) is 10.2 Å². The van der Waals surface area contributed by atoms with E-state index in [1.807, 2.05) is 37.3 Å². The molecule has 0 spiro atoms. The van der Waals surface area contributed by atoms with Gasteiger partial charge in [0.05, 0.1) is 11.6 Å². The van der Waals surface area contributed by atoms with Crippen molar-refractivity contribution in [1.29, 1.82) is 0 Å². The fourth-order valence-corrected chi connectivity index (χ4v) is 2.18. The number of rotatable bonds is 4. The molecule has 1 amide bonds. The molecule has 0 aliphatic carbocycles. The van der Waals surface area contributed by atoms with Gasteiger partial charge < -0.3 is 5.32 Å². The summed E-state index contributed by atoms with van der Waals surface area (Å²) in [6.07, 6.45) is 0.764. The Morgan fingerprint density at radius 1 is 1.25 bits per heavy atom. The van der Waals surface area contributed by atoms with Crippen LogP contribution in [-0.4, -0.2) is 16.1 Å². The lowest BCUT2D eigenvalue weighted by molar-refractivity contribution is 0.0935. The number of nitrogens with one attached hydrogen (secondary N) is 1. The minimum absolute atomic E-state index is 0.0369. The van der Waals surface area contributed by atoms with Crippen molar-refractivity contribution in [2.45, 2.75) is 19.4 Å². The van der Waals surface area contributed by atoms with Crippen LogP contribution >= 0.6 is 23.2 Å². The summed E-state index contributed by atoms with van der Waals surface area (Å²) in [7, 11) is 0. The molecule has 1 unspecified atom stereocenters. The minimum Gasteiger partial charge on any atom is -0.345 e. The average molecular weight is 310 g/mol. The van der Waals surface area contributed by atoms with Crippen LogP contribution in [0.3, 0.4) is 0 Å². The Labute approximate surface area is 127 Å². The van der Waals surface area contributed by atoms with Gasteiger partial charge in [-0.2, -0.15) is 0 Å². The maximum absolute atomic E-state index is 12.2. The fraction of sp³-hybridized carbons (Fsp3) is 0.214. The third kappa shape index (κ3) is 3.46. The van der Waals surface area contributed by atoms with E-state index in [1.54, 1.807) is 0 Å². The van der Waals surface area contributed by atoms with Gasteiger partial charge >= 0.3 is 0 Å². The molecule has 6 heteroatoms. The van der Waals surface area contributed by atoms with E-state index in [9.17, 15) is 4.79 Å². The zero-order valence-electron chi connectivity index (χ0n) is 10.8. The maximum Gasteiger partial charge on any atom is 0.255 e. The molecule has 0 bridgehead atoms. The summed E-state index contributed by atoms with van der Waals surface area (Å²) in [5, 5.41) is 10.3. The van der Waals surface area contributed by atoms with Crippen LogP contribution in [0.4, 0.5) is 0 Å². The zero-order valence-corrected chi connectivity index (χ0v) is 12.3. The van der Waals surface area contributed by atoms with Crippen molar-refractivity contribution in [3.05, 3.63) is 57.8 Å². The van der Waals surface area contributed by atoms with E-state index in [0.717, 1.165) is 12.0 Å². The van der Waals surface area contributed by atoms with Crippen LogP contribution < -0.4 is 5.32 Å². The van der Waals surface area contributed by atoms with Gasteiger partial charge in [-0.1, -0.05) is 60.5 Å². The lowest BCUT2D eigenvalue weighted by Gasteiger charge is -2.17. The van der Waals surface area contributed by atoms with Crippen LogP contribution in [0.15, 0.2) is 36.4 Å². The van der Waals surface area contributed by atoms with Gasteiger partial charge in [-0.25, -0.2) is 0 Å². The Bertz CT molecular complexity index is 605. The molecule has 1 heterocycles. The number of benzene rings is 1. The number of hydrogen-bond acceptors (Lipinski definition) is 3. The molecular formula is C14H13Cl2N3O. The van der Waals surface area contributed by atoms with Gasteiger partial charge in [-0.3, -0.25) is 4.79 Å². The summed E-state index contributed by atoms with van der Waals surface area (Å²) in [4.78, 5) is 12.2. The minimum atomic E-state index is -0.317. The van der Waals surface area contributed by atoms with Crippen molar-refractivity contribution in [2.75, 3.05) is 0 Å². The molecule has 20 heavy (non-hydrogen) atoms. The summed E-state index contributed by atoms with van der Waals surface area (Å²) in [5.74, 6) is -0.317. The largest absolute Gasteiger partial charge is 0.345 e. The van der Waals surface area contributed by atoms with Gasteiger partial charge in [0.25, 0.3) is 5.91 Å². The molecule has 0 saturated heterocycles. The fourth-order valence-electron chi connectivity index (χ4n) is 1.85. The van der Waals surface area contributed by atoms with Gasteiger partial charge in [0.15, 0.2) is 10.3 Å². The molecule has 0 aliphatic rings. The van der Waals surface area contributed by atoms with Gasteiger partial charge in [-0.05, 0) is 18.1 Å². The smallest absolute Gasteiger partial charge is 0.255 e. The highest BCUT2D eigenvalue weighted by Gasteiger charge is 2.17. The first kappa shape index (κ1) is 14.8. The molecule has 0 fully saturated rings. The predicted molar refractivity (Wildman–Crippen MR) is 79.0 cm³/mol. The topological polar surface area (TPSA) is 54.9 Å². The monoisotopic (exact) mass is 309 g/mol. The second-order valence-electron chi connectivity index (χ2n) is 4.22. The van der Waals surface area contributed by atoms with Crippen LogP contribution in [0.25, 0.3) is 0 Å². The molecule has 1 aromatic heterocycles. The number of hydrogen-bond donors (Lipinski definition) is 1. The highest BCUT2D eigenvalue weighted by Crippen LogP contribution is 2.19. The van der Waals surface area contributed by atoms with Crippen molar-refractivity contribution in [1.82, 2.24) is 15.5 Å². The van der Waals surface area contributed by atoms with Crippen molar-refractivity contribution < 1.29 is 4.79 Å². The first-order chi connectivity index (χ1) is 9.61. The quantitative estimate of drug-likeness (QED) is 0.937. The summed E-state index contributed by atoms with van der Waals surface area (Å²) in [6, 6.07) is 11.0. The molecule has 1 N–H and O–H groups in total. The summed E-state index contributed by atoms with van der Waals surface area (Å²) >= 11 is 11.6. The highest BCUT2D eigenvalue weighted by molar-refractivity contribution is 6.34. The van der Waals surface area contributed by atoms with Crippen molar-refractivity contribution in [2.24, 2.45) is 0 Å².